The Morgan fingerprint density at radius 2 is 2.08 bits per heavy atom. The van der Waals surface area contributed by atoms with Crippen LogP contribution in [0.3, 0.4) is 0 Å². The fraction of sp³-hybridized carbons (Fsp3) is 0.524. The lowest BCUT2D eigenvalue weighted by Crippen LogP contribution is -2.18. The van der Waals surface area contributed by atoms with Crippen LogP contribution < -0.4 is 10.1 Å². The molecule has 1 atom stereocenters. The molecule has 5 heteroatoms. The van der Waals surface area contributed by atoms with Crippen LogP contribution in [0.15, 0.2) is 18.2 Å². The van der Waals surface area contributed by atoms with Gasteiger partial charge in [0.1, 0.15) is 23.5 Å². The van der Waals surface area contributed by atoms with Crippen LogP contribution in [0.5, 0.6) is 5.75 Å². The summed E-state index contributed by atoms with van der Waals surface area (Å²) in [6.07, 6.45) is 5.68. The minimum absolute atomic E-state index is 0.157. The Morgan fingerprint density at radius 3 is 2.92 bits per heavy atom. The summed E-state index contributed by atoms with van der Waals surface area (Å²) in [5.74, 6) is 2.78. The fourth-order valence-corrected chi connectivity index (χ4v) is 3.75. The van der Waals surface area contributed by atoms with Gasteiger partial charge in [0.15, 0.2) is 0 Å². The smallest absolute Gasteiger partial charge is 0.133 e. The maximum Gasteiger partial charge on any atom is 0.133 e. The minimum Gasteiger partial charge on any atom is -0.488 e. The molecule has 1 fully saturated rings. The summed E-state index contributed by atoms with van der Waals surface area (Å²) in [5.41, 5.74) is 4.87. The van der Waals surface area contributed by atoms with Crippen LogP contribution in [0.1, 0.15) is 47.5 Å². The van der Waals surface area contributed by atoms with E-state index < -0.39 is 0 Å². The normalized spacial score (nSPS) is 19.2. The lowest BCUT2D eigenvalue weighted by Gasteiger charge is -2.20. The van der Waals surface area contributed by atoms with Gasteiger partial charge in [0.25, 0.3) is 0 Å². The van der Waals surface area contributed by atoms with Crippen molar-refractivity contribution >= 4 is 5.82 Å². The molecule has 2 heterocycles. The van der Waals surface area contributed by atoms with E-state index in [1.54, 1.807) is 0 Å². The van der Waals surface area contributed by atoms with Gasteiger partial charge in [-0.25, -0.2) is 9.97 Å². The Morgan fingerprint density at radius 1 is 1.19 bits per heavy atom. The third-order valence-electron chi connectivity index (χ3n) is 5.15. The number of hydrogen-bond donors (Lipinski definition) is 1. The molecule has 1 aromatic heterocycles. The van der Waals surface area contributed by atoms with Crippen LogP contribution in [0, 0.1) is 13.8 Å². The fourth-order valence-electron chi connectivity index (χ4n) is 3.75. The van der Waals surface area contributed by atoms with Crippen molar-refractivity contribution in [3.05, 3.63) is 46.4 Å². The quantitative estimate of drug-likeness (QED) is 0.887. The van der Waals surface area contributed by atoms with Crippen LogP contribution in [0.25, 0.3) is 0 Å². The zero-order valence-corrected chi connectivity index (χ0v) is 15.7. The van der Waals surface area contributed by atoms with Crippen LogP contribution in [-0.2, 0) is 24.1 Å². The number of aryl methyl sites for hydroxylation is 3. The van der Waals surface area contributed by atoms with Crippen LogP contribution in [-0.4, -0.2) is 29.3 Å². The van der Waals surface area contributed by atoms with E-state index in [1.807, 2.05) is 6.92 Å². The number of ether oxygens (including phenoxy) is 2. The maximum absolute atomic E-state index is 6.21. The number of hydrogen-bond acceptors (Lipinski definition) is 5. The van der Waals surface area contributed by atoms with Crippen LogP contribution in [0.4, 0.5) is 5.82 Å². The summed E-state index contributed by atoms with van der Waals surface area (Å²) in [6, 6.07) is 6.40. The van der Waals surface area contributed by atoms with Gasteiger partial charge in [-0.3, -0.25) is 0 Å². The predicted molar refractivity (Wildman–Crippen MR) is 102 cm³/mol. The summed E-state index contributed by atoms with van der Waals surface area (Å²) in [7, 11) is 0. The summed E-state index contributed by atoms with van der Waals surface area (Å²) in [5, 5.41) is 3.55. The van der Waals surface area contributed by atoms with E-state index in [4.69, 9.17) is 9.47 Å². The molecule has 5 nitrogen and oxygen atoms in total. The van der Waals surface area contributed by atoms with E-state index in [2.05, 4.69) is 40.4 Å². The largest absolute Gasteiger partial charge is 0.488 e. The molecule has 1 unspecified atom stereocenters. The van der Waals surface area contributed by atoms with Gasteiger partial charge in [0.05, 0.1) is 13.2 Å². The van der Waals surface area contributed by atoms with Crippen molar-refractivity contribution in [3.63, 3.8) is 0 Å². The van der Waals surface area contributed by atoms with Gasteiger partial charge in [-0.15, -0.1) is 0 Å². The van der Waals surface area contributed by atoms with Gasteiger partial charge >= 0.3 is 0 Å². The number of nitrogens with zero attached hydrogens (tertiary/aromatic N) is 2. The van der Waals surface area contributed by atoms with Gasteiger partial charge in [-0.1, -0.05) is 12.1 Å². The average molecular weight is 353 g/mol. The first-order chi connectivity index (χ1) is 12.7. The molecule has 0 amide bonds. The number of aromatic nitrogens is 2. The van der Waals surface area contributed by atoms with Crippen molar-refractivity contribution in [2.75, 3.05) is 18.5 Å². The molecule has 2 aliphatic rings. The second kappa shape index (κ2) is 7.62. The van der Waals surface area contributed by atoms with E-state index in [0.29, 0.717) is 13.2 Å². The lowest BCUT2D eigenvalue weighted by molar-refractivity contribution is 0.140. The molecule has 1 aliphatic carbocycles. The van der Waals surface area contributed by atoms with Crippen molar-refractivity contribution in [2.45, 2.75) is 58.6 Å². The van der Waals surface area contributed by atoms with Crippen molar-refractivity contribution < 1.29 is 9.47 Å². The Labute approximate surface area is 155 Å². The first kappa shape index (κ1) is 17.3. The number of nitrogens with one attached hydrogen (secondary N) is 1. The standard InChI is InChI=1S/C21H27N3O2/c1-14-7-8-16(20(11-14)26-17-9-10-25-13-17)12-22-21-18-5-3-4-6-19(18)23-15(2)24-21/h7-8,11,17H,3-6,9-10,12-13H2,1-2H3,(H,22,23,24). The van der Waals surface area contributed by atoms with Crippen molar-refractivity contribution in [1.82, 2.24) is 9.97 Å². The van der Waals surface area contributed by atoms with E-state index in [9.17, 15) is 0 Å². The zero-order valence-electron chi connectivity index (χ0n) is 15.7. The molecule has 1 saturated heterocycles. The summed E-state index contributed by atoms with van der Waals surface area (Å²) < 4.78 is 11.7. The minimum atomic E-state index is 0.157. The van der Waals surface area contributed by atoms with Crippen molar-refractivity contribution in [2.24, 2.45) is 0 Å². The molecule has 1 aromatic carbocycles. The topological polar surface area (TPSA) is 56.3 Å². The maximum atomic E-state index is 6.21. The second-order valence-corrected chi connectivity index (χ2v) is 7.32. The van der Waals surface area contributed by atoms with E-state index in [-0.39, 0.29) is 6.10 Å². The molecule has 26 heavy (non-hydrogen) atoms. The van der Waals surface area contributed by atoms with Crippen molar-refractivity contribution in [3.8, 4) is 5.75 Å². The Balaban J connectivity index is 1.54. The summed E-state index contributed by atoms with van der Waals surface area (Å²) in [4.78, 5) is 9.31. The van der Waals surface area contributed by atoms with Crippen molar-refractivity contribution in [1.29, 1.82) is 0 Å². The molecule has 4 rings (SSSR count). The van der Waals surface area contributed by atoms with Crippen LogP contribution >= 0.6 is 0 Å². The van der Waals surface area contributed by atoms with Gasteiger partial charge in [-0.05, 0) is 51.2 Å². The van der Waals surface area contributed by atoms with E-state index in [0.717, 1.165) is 48.8 Å². The van der Waals surface area contributed by atoms with E-state index >= 15 is 0 Å². The third kappa shape index (κ3) is 3.83. The highest BCUT2D eigenvalue weighted by molar-refractivity contribution is 5.49. The number of fused-ring (bicyclic) bond motifs is 1. The Bertz CT molecular complexity index is 785. The first-order valence-electron chi connectivity index (χ1n) is 9.63. The summed E-state index contributed by atoms with van der Waals surface area (Å²) in [6.45, 7) is 6.24. The highest BCUT2D eigenvalue weighted by Gasteiger charge is 2.20. The molecular weight excluding hydrogens is 326 g/mol. The lowest BCUT2D eigenvalue weighted by atomic mass is 9.96. The molecule has 0 spiro atoms. The molecule has 1 aliphatic heterocycles. The zero-order chi connectivity index (χ0) is 17.9. The molecular formula is C21H27N3O2. The molecule has 2 aromatic rings. The monoisotopic (exact) mass is 353 g/mol. The van der Waals surface area contributed by atoms with Gasteiger partial charge in [0, 0.05) is 29.8 Å². The average Bonchev–Trinajstić information content (AvgIpc) is 3.14. The molecule has 0 radical (unpaired) electrons. The molecule has 138 valence electrons. The molecule has 0 bridgehead atoms. The molecule has 1 N–H and O–H groups in total. The van der Waals surface area contributed by atoms with Crippen LogP contribution in [0.2, 0.25) is 0 Å². The summed E-state index contributed by atoms with van der Waals surface area (Å²) >= 11 is 0. The van der Waals surface area contributed by atoms with E-state index in [1.165, 1.54) is 29.7 Å². The van der Waals surface area contributed by atoms with Gasteiger partial charge in [-0.2, -0.15) is 0 Å². The number of anilines is 1. The van der Waals surface area contributed by atoms with Gasteiger partial charge in [0.2, 0.25) is 0 Å². The highest BCUT2D eigenvalue weighted by Crippen LogP contribution is 2.28. The highest BCUT2D eigenvalue weighted by atomic mass is 16.5. The third-order valence-corrected chi connectivity index (χ3v) is 5.15. The number of benzene rings is 1. The second-order valence-electron chi connectivity index (χ2n) is 7.32. The first-order valence-corrected chi connectivity index (χ1v) is 9.63. The Hall–Kier alpha value is -2.14. The van der Waals surface area contributed by atoms with Gasteiger partial charge < -0.3 is 14.8 Å². The SMILES string of the molecule is Cc1ccc(CNc2nc(C)nc3c2CCCC3)c(OC2CCOC2)c1. The Kier molecular flexibility index (Phi) is 5.07. The predicted octanol–water partition coefficient (Wildman–Crippen LogP) is 3.75. The number of rotatable bonds is 5. The molecule has 0 saturated carbocycles.